The molecule has 6 nitrogen and oxygen atoms in total. The van der Waals surface area contributed by atoms with E-state index in [-0.39, 0.29) is 0 Å². The van der Waals surface area contributed by atoms with Gasteiger partial charge in [-0.25, -0.2) is 0 Å². The normalized spacial score (nSPS) is 16.2. The number of nitriles is 1. The third kappa shape index (κ3) is 4.93. The zero-order valence-electron chi connectivity index (χ0n) is 13.1. The highest BCUT2D eigenvalue weighted by molar-refractivity contribution is 5.80. The van der Waals surface area contributed by atoms with Crippen molar-refractivity contribution in [1.29, 1.82) is 5.26 Å². The second-order valence-corrected chi connectivity index (χ2v) is 5.25. The van der Waals surface area contributed by atoms with E-state index in [1.807, 2.05) is 6.19 Å². The highest BCUT2D eigenvalue weighted by Gasteiger charge is 2.16. The summed E-state index contributed by atoms with van der Waals surface area (Å²) in [5.41, 5.74) is 1.31. The lowest BCUT2D eigenvalue weighted by Crippen LogP contribution is -2.47. The van der Waals surface area contributed by atoms with Crippen molar-refractivity contribution in [2.45, 2.75) is 6.42 Å². The number of guanidine groups is 1. The van der Waals surface area contributed by atoms with E-state index in [0.29, 0.717) is 5.96 Å². The summed E-state index contributed by atoms with van der Waals surface area (Å²) in [6, 6.07) is 10.6. The molecule has 0 amide bonds. The molecular weight excluding hydrogens is 276 g/mol. The van der Waals surface area contributed by atoms with Gasteiger partial charge in [-0.05, 0) is 25.1 Å². The highest BCUT2D eigenvalue weighted by Crippen LogP contribution is 2.15. The summed E-state index contributed by atoms with van der Waals surface area (Å²) < 4.78 is 0. The molecule has 2 rings (SSSR count). The van der Waals surface area contributed by atoms with Gasteiger partial charge in [0, 0.05) is 45.5 Å². The van der Waals surface area contributed by atoms with Crippen molar-refractivity contribution in [1.82, 2.24) is 15.5 Å². The molecule has 0 unspecified atom stereocenters. The molecule has 0 radical (unpaired) electrons. The monoisotopic (exact) mass is 300 g/mol. The van der Waals surface area contributed by atoms with E-state index in [0.717, 1.165) is 45.7 Å². The molecular formula is C16H24N6. The molecule has 6 heteroatoms. The fraction of sp³-hybridized carbons (Fsp3) is 0.500. The van der Waals surface area contributed by atoms with Crippen LogP contribution in [0.3, 0.4) is 0 Å². The molecule has 1 aliphatic heterocycles. The number of benzene rings is 1. The van der Waals surface area contributed by atoms with Crippen molar-refractivity contribution in [3.63, 3.8) is 0 Å². The Balaban J connectivity index is 1.63. The SMILES string of the molecule is CN=C(NC#N)NCCCN1CCN(c2ccccc2)CC1. The summed E-state index contributed by atoms with van der Waals surface area (Å²) >= 11 is 0. The van der Waals surface area contributed by atoms with Crippen molar-refractivity contribution < 1.29 is 0 Å². The lowest BCUT2D eigenvalue weighted by atomic mass is 10.2. The average Bonchev–Trinajstić information content (AvgIpc) is 2.59. The first-order valence-corrected chi connectivity index (χ1v) is 7.71. The van der Waals surface area contributed by atoms with Crippen LogP contribution in [0.1, 0.15) is 6.42 Å². The van der Waals surface area contributed by atoms with Gasteiger partial charge in [-0.3, -0.25) is 15.2 Å². The van der Waals surface area contributed by atoms with Gasteiger partial charge in [-0.2, -0.15) is 5.26 Å². The first kappa shape index (κ1) is 16.1. The number of nitrogens with one attached hydrogen (secondary N) is 2. The minimum atomic E-state index is 0.538. The van der Waals surface area contributed by atoms with Gasteiger partial charge < -0.3 is 10.2 Å². The van der Waals surface area contributed by atoms with E-state index in [1.165, 1.54) is 5.69 Å². The predicted octanol–water partition coefficient (Wildman–Crippen LogP) is 0.845. The third-order valence-electron chi connectivity index (χ3n) is 3.84. The Bertz CT molecular complexity index is 499. The molecule has 118 valence electrons. The van der Waals surface area contributed by atoms with Crippen molar-refractivity contribution in [3.05, 3.63) is 30.3 Å². The van der Waals surface area contributed by atoms with Crippen molar-refractivity contribution in [2.75, 3.05) is 51.2 Å². The van der Waals surface area contributed by atoms with E-state index >= 15 is 0 Å². The van der Waals surface area contributed by atoms with Crippen molar-refractivity contribution in [3.8, 4) is 6.19 Å². The van der Waals surface area contributed by atoms with Crippen LogP contribution in [0.2, 0.25) is 0 Å². The number of piperazine rings is 1. The quantitative estimate of drug-likeness (QED) is 0.277. The maximum absolute atomic E-state index is 8.55. The minimum Gasteiger partial charge on any atom is -0.369 e. The number of para-hydroxylation sites is 1. The molecule has 1 heterocycles. The molecule has 1 aromatic carbocycles. The second kappa shape index (κ2) is 8.90. The van der Waals surface area contributed by atoms with Crippen molar-refractivity contribution in [2.24, 2.45) is 4.99 Å². The summed E-state index contributed by atoms with van der Waals surface area (Å²) in [7, 11) is 1.66. The number of aliphatic imine (C=N–C) groups is 1. The molecule has 1 saturated heterocycles. The van der Waals surface area contributed by atoms with Gasteiger partial charge in [0.15, 0.2) is 6.19 Å². The van der Waals surface area contributed by atoms with E-state index in [9.17, 15) is 0 Å². The number of nitrogens with zero attached hydrogens (tertiary/aromatic N) is 4. The Hall–Kier alpha value is -2.26. The van der Waals surface area contributed by atoms with Gasteiger partial charge in [0.05, 0.1) is 0 Å². The van der Waals surface area contributed by atoms with E-state index in [4.69, 9.17) is 5.26 Å². The molecule has 0 atom stereocenters. The van der Waals surface area contributed by atoms with Gasteiger partial charge in [0.25, 0.3) is 0 Å². The number of hydrogen-bond donors (Lipinski definition) is 2. The van der Waals surface area contributed by atoms with Gasteiger partial charge in [-0.1, -0.05) is 18.2 Å². The van der Waals surface area contributed by atoms with E-state index < -0.39 is 0 Å². The zero-order valence-corrected chi connectivity index (χ0v) is 13.1. The standard InChI is InChI=1S/C16H24N6/c1-18-16(20-14-17)19-8-5-9-21-10-12-22(13-11-21)15-6-3-2-4-7-15/h2-4,6-7H,5,8-13H2,1H3,(H2,18,19,20). The summed E-state index contributed by atoms with van der Waals surface area (Å²) in [5, 5.41) is 14.2. The highest BCUT2D eigenvalue weighted by atomic mass is 15.3. The second-order valence-electron chi connectivity index (χ2n) is 5.25. The summed E-state index contributed by atoms with van der Waals surface area (Å²) in [5.74, 6) is 0.538. The number of anilines is 1. The summed E-state index contributed by atoms with van der Waals surface area (Å²) in [6.45, 7) is 6.24. The molecule has 0 aliphatic carbocycles. The molecule has 0 bridgehead atoms. The lowest BCUT2D eigenvalue weighted by molar-refractivity contribution is 0.255. The Morgan fingerprint density at radius 2 is 1.95 bits per heavy atom. The van der Waals surface area contributed by atoms with Crippen LogP contribution < -0.4 is 15.5 Å². The lowest BCUT2D eigenvalue weighted by Gasteiger charge is -2.36. The first-order chi connectivity index (χ1) is 10.8. The first-order valence-electron chi connectivity index (χ1n) is 7.71. The summed E-state index contributed by atoms with van der Waals surface area (Å²) in [4.78, 5) is 8.88. The molecule has 1 aliphatic rings. The largest absolute Gasteiger partial charge is 0.369 e. The van der Waals surface area contributed by atoms with Crippen LogP contribution in [0.25, 0.3) is 0 Å². The Morgan fingerprint density at radius 1 is 1.23 bits per heavy atom. The van der Waals surface area contributed by atoms with Gasteiger partial charge in [0.2, 0.25) is 5.96 Å². The topological polar surface area (TPSA) is 66.7 Å². The molecule has 22 heavy (non-hydrogen) atoms. The number of rotatable bonds is 5. The molecule has 2 N–H and O–H groups in total. The van der Waals surface area contributed by atoms with E-state index in [2.05, 4.69) is 55.8 Å². The molecule has 0 spiro atoms. The van der Waals surface area contributed by atoms with Crippen LogP contribution in [-0.4, -0.2) is 57.2 Å². The minimum absolute atomic E-state index is 0.538. The zero-order chi connectivity index (χ0) is 15.6. The van der Waals surface area contributed by atoms with Gasteiger partial charge in [-0.15, -0.1) is 0 Å². The van der Waals surface area contributed by atoms with Crippen LogP contribution in [-0.2, 0) is 0 Å². The molecule has 1 aromatic rings. The fourth-order valence-corrected chi connectivity index (χ4v) is 2.61. The molecule has 0 aromatic heterocycles. The van der Waals surface area contributed by atoms with Crippen LogP contribution in [0.4, 0.5) is 5.69 Å². The predicted molar refractivity (Wildman–Crippen MR) is 89.8 cm³/mol. The summed E-state index contributed by atoms with van der Waals surface area (Å²) in [6.07, 6.45) is 2.91. The fourth-order valence-electron chi connectivity index (χ4n) is 2.61. The van der Waals surface area contributed by atoms with Gasteiger partial charge in [0.1, 0.15) is 0 Å². The van der Waals surface area contributed by atoms with Crippen LogP contribution in [0.5, 0.6) is 0 Å². The Kier molecular flexibility index (Phi) is 6.52. The van der Waals surface area contributed by atoms with Crippen molar-refractivity contribution >= 4 is 11.6 Å². The van der Waals surface area contributed by atoms with E-state index in [1.54, 1.807) is 7.05 Å². The maximum atomic E-state index is 8.55. The van der Waals surface area contributed by atoms with Gasteiger partial charge >= 0.3 is 0 Å². The van der Waals surface area contributed by atoms with Crippen LogP contribution in [0.15, 0.2) is 35.3 Å². The Labute approximate surface area is 132 Å². The molecule has 1 fully saturated rings. The Morgan fingerprint density at radius 3 is 2.59 bits per heavy atom. The number of hydrogen-bond acceptors (Lipinski definition) is 4. The van der Waals surface area contributed by atoms with Crippen LogP contribution in [0, 0.1) is 11.5 Å². The third-order valence-corrected chi connectivity index (χ3v) is 3.84. The maximum Gasteiger partial charge on any atom is 0.204 e. The smallest absolute Gasteiger partial charge is 0.204 e. The average molecular weight is 300 g/mol. The van der Waals surface area contributed by atoms with Crippen LogP contribution >= 0.6 is 0 Å². The molecule has 0 saturated carbocycles.